The molecule has 0 radical (unpaired) electrons. The first-order valence-electron chi connectivity index (χ1n) is 8.96. The molecule has 0 aliphatic rings. The Morgan fingerprint density at radius 1 is 1.26 bits per heavy atom. The van der Waals surface area contributed by atoms with Gasteiger partial charge >= 0.3 is 0 Å². The SMILES string of the molecule is CC[C@@H](C)NC(=O)c1ccc2c(c1)sc1nc(-c3ccc(OC)cc3)cn12. The van der Waals surface area contributed by atoms with Gasteiger partial charge < -0.3 is 10.1 Å². The van der Waals surface area contributed by atoms with E-state index in [4.69, 9.17) is 9.72 Å². The maximum atomic E-state index is 12.4. The molecule has 2 aromatic carbocycles. The van der Waals surface area contributed by atoms with Crippen molar-refractivity contribution in [1.29, 1.82) is 0 Å². The van der Waals surface area contributed by atoms with Gasteiger partial charge in [0.15, 0.2) is 4.96 Å². The van der Waals surface area contributed by atoms with Crippen molar-refractivity contribution in [3.8, 4) is 17.0 Å². The number of nitrogens with zero attached hydrogens (tertiary/aromatic N) is 2. The predicted molar refractivity (Wildman–Crippen MR) is 110 cm³/mol. The van der Waals surface area contributed by atoms with Gasteiger partial charge in [0.1, 0.15) is 5.75 Å². The summed E-state index contributed by atoms with van der Waals surface area (Å²) < 4.78 is 8.34. The van der Waals surface area contributed by atoms with Gasteiger partial charge in [0.25, 0.3) is 5.91 Å². The third-order valence-corrected chi connectivity index (χ3v) is 5.75. The Labute approximate surface area is 161 Å². The molecule has 6 heteroatoms. The lowest BCUT2D eigenvalue weighted by Gasteiger charge is -2.11. The number of hydrogen-bond donors (Lipinski definition) is 1. The molecule has 5 nitrogen and oxygen atoms in total. The maximum Gasteiger partial charge on any atom is 0.251 e. The lowest BCUT2D eigenvalue weighted by molar-refractivity contribution is 0.0939. The fourth-order valence-electron chi connectivity index (χ4n) is 2.95. The highest BCUT2D eigenvalue weighted by Crippen LogP contribution is 2.30. The summed E-state index contributed by atoms with van der Waals surface area (Å²) in [7, 11) is 1.66. The van der Waals surface area contributed by atoms with Crippen molar-refractivity contribution in [1.82, 2.24) is 14.7 Å². The van der Waals surface area contributed by atoms with Gasteiger partial charge in [-0.15, -0.1) is 0 Å². The Hall–Kier alpha value is -2.86. The monoisotopic (exact) mass is 379 g/mol. The van der Waals surface area contributed by atoms with Crippen LogP contribution in [0, 0.1) is 0 Å². The van der Waals surface area contributed by atoms with E-state index < -0.39 is 0 Å². The molecule has 4 rings (SSSR count). The van der Waals surface area contributed by atoms with Gasteiger partial charge in [-0.3, -0.25) is 9.20 Å². The standard InChI is InChI=1S/C21H21N3O2S/c1-4-13(2)22-20(25)15-7-10-18-19(11-15)27-21-23-17(12-24(18)21)14-5-8-16(26-3)9-6-14/h5-13H,4H2,1-3H3,(H,22,25)/t13-/m1/s1. The fraction of sp³-hybridized carbons (Fsp3) is 0.238. The molecule has 0 saturated heterocycles. The topological polar surface area (TPSA) is 55.6 Å². The molecule has 138 valence electrons. The number of carbonyl (C=O) groups is 1. The zero-order chi connectivity index (χ0) is 19.0. The molecule has 1 atom stereocenters. The number of aromatic nitrogens is 2. The summed E-state index contributed by atoms with van der Waals surface area (Å²) in [5.74, 6) is 0.796. The van der Waals surface area contributed by atoms with E-state index in [0.29, 0.717) is 5.56 Å². The van der Waals surface area contributed by atoms with E-state index in [9.17, 15) is 4.79 Å². The third-order valence-electron chi connectivity index (χ3n) is 4.73. The molecule has 2 heterocycles. The minimum Gasteiger partial charge on any atom is -0.497 e. The lowest BCUT2D eigenvalue weighted by Crippen LogP contribution is -2.31. The minimum absolute atomic E-state index is 0.0313. The summed E-state index contributed by atoms with van der Waals surface area (Å²) in [5.41, 5.74) is 3.71. The van der Waals surface area contributed by atoms with Gasteiger partial charge in [-0.05, 0) is 55.8 Å². The summed E-state index contributed by atoms with van der Waals surface area (Å²) >= 11 is 1.59. The van der Waals surface area contributed by atoms with Crippen molar-refractivity contribution in [2.75, 3.05) is 7.11 Å². The summed E-state index contributed by atoms with van der Waals surface area (Å²) in [4.78, 5) is 18.0. The van der Waals surface area contributed by atoms with Crippen molar-refractivity contribution in [2.24, 2.45) is 0 Å². The Kier molecular flexibility index (Phi) is 4.58. The fourth-order valence-corrected chi connectivity index (χ4v) is 4.00. The second-order valence-corrected chi connectivity index (χ2v) is 7.58. The Bertz CT molecular complexity index is 1110. The Balaban J connectivity index is 1.68. The van der Waals surface area contributed by atoms with Crippen LogP contribution in [-0.2, 0) is 0 Å². The van der Waals surface area contributed by atoms with Crippen molar-refractivity contribution < 1.29 is 9.53 Å². The molecule has 0 saturated carbocycles. The van der Waals surface area contributed by atoms with Crippen LogP contribution in [0.4, 0.5) is 0 Å². The molecular formula is C21H21N3O2S. The highest BCUT2D eigenvalue weighted by Gasteiger charge is 2.14. The summed E-state index contributed by atoms with van der Waals surface area (Å²) in [6, 6.07) is 13.9. The van der Waals surface area contributed by atoms with Crippen LogP contribution in [0.2, 0.25) is 0 Å². The number of hydrogen-bond acceptors (Lipinski definition) is 4. The number of methoxy groups -OCH3 is 1. The molecule has 2 aromatic heterocycles. The van der Waals surface area contributed by atoms with E-state index in [1.807, 2.05) is 55.6 Å². The Morgan fingerprint density at radius 2 is 2.04 bits per heavy atom. The van der Waals surface area contributed by atoms with Crippen molar-refractivity contribution in [3.05, 3.63) is 54.2 Å². The second-order valence-electron chi connectivity index (χ2n) is 6.57. The van der Waals surface area contributed by atoms with E-state index in [-0.39, 0.29) is 11.9 Å². The number of carbonyl (C=O) groups excluding carboxylic acids is 1. The average molecular weight is 379 g/mol. The first kappa shape index (κ1) is 17.5. The molecule has 0 spiro atoms. The van der Waals surface area contributed by atoms with E-state index in [0.717, 1.165) is 38.6 Å². The maximum absolute atomic E-state index is 12.4. The van der Waals surface area contributed by atoms with E-state index in [2.05, 4.69) is 16.6 Å². The largest absolute Gasteiger partial charge is 0.497 e. The number of rotatable bonds is 5. The van der Waals surface area contributed by atoms with Gasteiger partial charge in [0.2, 0.25) is 0 Å². The molecule has 0 bridgehead atoms. The summed E-state index contributed by atoms with van der Waals surface area (Å²) in [5, 5.41) is 3.01. The number of fused-ring (bicyclic) bond motifs is 3. The summed E-state index contributed by atoms with van der Waals surface area (Å²) in [6.45, 7) is 4.07. The highest BCUT2D eigenvalue weighted by molar-refractivity contribution is 7.23. The van der Waals surface area contributed by atoms with E-state index >= 15 is 0 Å². The molecule has 0 unspecified atom stereocenters. The van der Waals surface area contributed by atoms with Gasteiger partial charge in [0.05, 0.1) is 23.0 Å². The van der Waals surface area contributed by atoms with Crippen molar-refractivity contribution in [2.45, 2.75) is 26.3 Å². The van der Waals surface area contributed by atoms with Crippen LogP contribution in [0.3, 0.4) is 0 Å². The average Bonchev–Trinajstić information content (AvgIpc) is 3.25. The van der Waals surface area contributed by atoms with Gasteiger partial charge in [-0.25, -0.2) is 4.98 Å². The van der Waals surface area contributed by atoms with Crippen LogP contribution in [0.1, 0.15) is 30.6 Å². The minimum atomic E-state index is -0.0313. The van der Waals surface area contributed by atoms with Gasteiger partial charge in [-0.2, -0.15) is 0 Å². The van der Waals surface area contributed by atoms with Crippen LogP contribution in [-0.4, -0.2) is 28.4 Å². The number of ether oxygens (including phenoxy) is 1. The van der Waals surface area contributed by atoms with Crippen LogP contribution in [0.5, 0.6) is 5.75 Å². The molecule has 1 amide bonds. The molecule has 0 fully saturated rings. The quantitative estimate of drug-likeness (QED) is 0.544. The molecule has 0 aliphatic heterocycles. The van der Waals surface area contributed by atoms with Crippen LogP contribution in [0.25, 0.3) is 26.4 Å². The number of imidazole rings is 1. The van der Waals surface area contributed by atoms with E-state index in [1.165, 1.54) is 0 Å². The molecule has 4 aromatic rings. The number of benzene rings is 2. The molecule has 1 N–H and O–H groups in total. The third kappa shape index (κ3) is 3.28. The number of amides is 1. The van der Waals surface area contributed by atoms with Crippen molar-refractivity contribution in [3.63, 3.8) is 0 Å². The zero-order valence-corrected chi connectivity index (χ0v) is 16.3. The highest BCUT2D eigenvalue weighted by atomic mass is 32.1. The van der Waals surface area contributed by atoms with Crippen molar-refractivity contribution >= 4 is 32.4 Å². The smallest absolute Gasteiger partial charge is 0.251 e. The number of nitrogens with one attached hydrogen (secondary N) is 1. The van der Waals surface area contributed by atoms with Crippen LogP contribution < -0.4 is 10.1 Å². The predicted octanol–water partition coefficient (Wildman–Crippen LogP) is 4.75. The zero-order valence-electron chi connectivity index (χ0n) is 15.5. The first-order valence-corrected chi connectivity index (χ1v) is 9.77. The lowest BCUT2D eigenvalue weighted by atomic mass is 10.1. The van der Waals surface area contributed by atoms with Crippen LogP contribution >= 0.6 is 11.3 Å². The molecule has 27 heavy (non-hydrogen) atoms. The molecule has 0 aliphatic carbocycles. The normalized spacial score (nSPS) is 12.4. The van der Waals surface area contributed by atoms with Gasteiger partial charge in [0, 0.05) is 23.4 Å². The first-order chi connectivity index (χ1) is 13.1. The van der Waals surface area contributed by atoms with E-state index in [1.54, 1.807) is 18.4 Å². The summed E-state index contributed by atoms with van der Waals surface area (Å²) in [6.07, 6.45) is 2.95. The molecular weight excluding hydrogens is 358 g/mol. The second kappa shape index (κ2) is 7.04. The number of thiazole rings is 1. The van der Waals surface area contributed by atoms with Crippen LogP contribution in [0.15, 0.2) is 48.7 Å². The van der Waals surface area contributed by atoms with Gasteiger partial charge in [-0.1, -0.05) is 18.3 Å². The Morgan fingerprint density at radius 3 is 2.74 bits per heavy atom.